The maximum absolute atomic E-state index is 5.26. The summed E-state index contributed by atoms with van der Waals surface area (Å²) in [6, 6.07) is 72.2. The molecule has 0 radical (unpaired) electrons. The van der Waals surface area contributed by atoms with Crippen LogP contribution in [0.1, 0.15) is 22.3 Å². The molecule has 9 aromatic carbocycles. The molecule has 0 aliphatic heterocycles. The SMILES string of the molecule is c1ccc(-c2nc(-c3ccc4c(c3)C3(c5ccccc5-c5ccccc53)c3ccccc3-4)nc(-c3ccc4cc(-c5ccc6ccccc6c5)ccc4c3)n2)cc1. The fourth-order valence-corrected chi connectivity index (χ4v) is 9.52. The number of aromatic nitrogens is 3. The van der Waals surface area contributed by atoms with Crippen molar-refractivity contribution < 1.29 is 0 Å². The first-order valence-corrected chi connectivity index (χ1v) is 19.5. The third kappa shape index (κ3) is 4.76. The molecular formula is C54H33N3. The highest BCUT2D eigenvalue weighted by Crippen LogP contribution is 2.63. The summed E-state index contributed by atoms with van der Waals surface area (Å²) in [6.45, 7) is 0. The van der Waals surface area contributed by atoms with Gasteiger partial charge in [-0.3, -0.25) is 0 Å². The molecule has 1 aromatic heterocycles. The quantitative estimate of drug-likeness (QED) is 0.181. The lowest BCUT2D eigenvalue weighted by atomic mass is 9.70. The van der Waals surface area contributed by atoms with Crippen LogP contribution in [0.15, 0.2) is 200 Å². The summed E-state index contributed by atoms with van der Waals surface area (Å²) >= 11 is 0. The summed E-state index contributed by atoms with van der Waals surface area (Å²) in [6.07, 6.45) is 0. The summed E-state index contributed by atoms with van der Waals surface area (Å²) in [5.41, 5.74) is 15.1. The number of hydrogen-bond donors (Lipinski definition) is 0. The Labute approximate surface area is 330 Å². The molecule has 3 heteroatoms. The van der Waals surface area contributed by atoms with Crippen LogP contribution in [0.4, 0.5) is 0 Å². The van der Waals surface area contributed by atoms with Gasteiger partial charge in [-0.2, -0.15) is 0 Å². The van der Waals surface area contributed by atoms with E-state index in [-0.39, 0.29) is 0 Å². The van der Waals surface area contributed by atoms with Crippen molar-refractivity contribution in [1.82, 2.24) is 15.0 Å². The standard InChI is InChI=1S/C54H33N3/c1-2-13-35(14-3-1)51-55-52(41-27-26-39-31-38(24-25-40(39)32-41)37-23-22-34-12-4-5-15-36(34)30-37)57-53(56-51)42-28-29-46-45-18-8-11-21-49(45)54(50(46)33-42)47-19-9-6-16-43(47)44-17-7-10-20-48(44)54/h1-33H. The molecule has 0 unspecified atom stereocenters. The summed E-state index contributed by atoms with van der Waals surface area (Å²) in [5, 5.41) is 4.79. The van der Waals surface area contributed by atoms with Crippen molar-refractivity contribution in [3.63, 3.8) is 0 Å². The van der Waals surface area contributed by atoms with Crippen molar-refractivity contribution in [2.75, 3.05) is 0 Å². The average Bonchev–Trinajstić information content (AvgIpc) is 3.76. The summed E-state index contributed by atoms with van der Waals surface area (Å²) < 4.78 is 0. The zero-order valence-corrected chi connectivity index (χ0v) is 30.9. The molecule has 2 aliphatic rings. The third-order valence-corrected chi connectivity index (χ3v) is 12.1. The summed E-state index contributed by atoms with van der Waals surface area (Å²) in [4.78, 5) is 15.6. The van der Waals surface area contributed by atoms with E-state index in [1.54, 1.807) is 0 Å². The Morgan fingerprint density at radius 3 is 1.23 bits per heavy atom. The molecule has 3 nitrogen and oxygen atoms in total. The van der Waals surface area contributed by atoms with Gasteiger partial charge in [0.05, 0.1) is 5.41 Å². The topological polar surface area (TPSA) is 38.7 Å². The molecule has 0 fully saturated rings. The molecule has 1 heterocycles. The second-order valence-corrected chi connectivity index (χ2v) is 15.2. The van der Waals surface area contributed by atoms with Crippen LogP contribution in [-0.2, 0) is 5.41 Å². The second kappa shape index (κ2) is 12.3. The van der Waals surface area contributed by atoms with Crippen LogP contribution in [0.2, 0.25) is 0 Å². The van der Waals surface area contributed by atoms with E-state index in [1.165, 1.54) is 71.8 Å². The molecule has 57 heavy (non-hydrogen) atoms. The van der Waals surface area contributed by atoms with Gasteiger partial charge in [-0.25, -0.2) is 15.0 Å². The monoisotopic (exact) mass is 723 g/mol. The lowest BCUT2D eigenvalue weighted by Crippen LogP contribution is -2.25. The molecule has 0 N–H and O–H groups in total. The van der Waals surface area contributed by atoms with Gasteiger partial charge in [0.25, 0.3) is 0 Å². The van der Waals surface area contributed by atoms with Crippen LogP contribution in [-0.4, -0.2) is 15.0 Å². The van der Waals surface area contributed by atoms with Gasteiger partial charge in [-0.1, -0.05) is 176 Å². The third-order valence-electron chi connectivity index (χ3n) is 12.1. The van der Waals surface area contributed by atoms with E-state index in [9.17, 15) is 0 Å². The van der Waals surface area contributed by atoms with Crippen LogP contribution in [0.5, 0.6) is 0 Å². The molecule has 10 aromatic rings. The fourth-order valence-electron chi connectivity index (χ4n) is 9.52. The molecule has 0 saturated carbocycles. The maximum Gasteiger partial charge on any atom is 0.164 e. The lowest BCUT2D eigenvalue weighted by molar-refractivity contribution is 0.794. The van der Waals surface area contributed by atoms with E-state index in [0.717, 1.165) is 22.1 Å². The van der Waals surface area contributed by atoms with E-state index in [0.29, 0.717) is 17.5 Å². The van der Waals surface area contributed by atoms with Gasteiger partial charge in [-0.05, 0) is 101 Å². The minimum absolute atomic E-state index is 0.447. The zero-order valence-electron chi connectivity index (χ0n) is 30.9. The van der Waals surface area contributed by atoms with Crippen LogP contribution >= 0.6 is 0 Å². The lowest BCUT2D eigenvalue weighted by Gasteiger charge is -2.30. The Kier molecular flexibility index (Phi) is 6.84. The number of rotatable bonds is 4. The van der Waals surface area contributed by atoms with Crippen molar-refractivity contribution in [2.24, 2.45) is 0 Å². The molecule has 0 amide bonds. The first-order chi connectivity index (χ1) is 28.2. The number of benzene rings is 9. The zero-order chi connectivity index (χ0) is 37.5. The predicted molar refractivity (Wildman–Crippen MR) is 233 cm³/mol. The Morgan fingerprint density at radius 2 is 0.632 bits per heavy atom. The molecule has 1 spiro atoms. The van der Waals surface area contributed by atoms with Crippen LogP contribution in [0.3, 0.4) is 0 Å². The fraction of sp³-hybridized carbons (Fsp3) is 0.0185. The van der Waals surface area contributed by atoms with Gasteiger partial charge in [0, 0.05) is 16.7 Å². The van der Waals surface area contributed by atoms with E-state index in [1.807, 2.05) is 18.2 Å². The van der Waals surface area contributed by atoms with Gasteiger partial charge >= 0.3 is 0 Å². The number of hydrogen-bond acceptors (Lipinski definition) is 3. The van der Waals surface area contributed by atoms with E-state index >= 15 is 0 Å². The normalized spacial score (nSPS) is 13.1. The Morgan fingerprint density at radius 1 is 0.246 bits per heavy atom. The van der Waals surface area contributed by atoms with E-state index in [2.05, 4.69) is 182 Å². The Hall–Kier alpha value is -7.49. The van der Waals surface area contributed by atoms with Crippen LogP contribution in [0.25, 0.3) is 89.1 Å². The maximum atomic E-state index is 5.26. The molecule has 12 rings (SSSR count). The number of fused-ring (bicyclic) bond motifs is 12. The molecule has 0 saturated heterocycles. The van der Waals surface area contributed by atoms with Crippen LogP contribution in [0, 0.1) is 0 Å². The minimum atomic E-state index is -0.447. The second-order valence-electron chi connectivity index (χ2n) is 15.2. The summed E-state index contributed by atoms with van der Waals surface area (Å²) in [7, 11) is 0. The summed E-state index contributed by atoms with van der Waals surface area (Å²) in [5.74, 6) is 1.95. The van der Waals surface area contributed by atoms with Crippen molar-refractivity contribution in [3.05, 3.63) is 222 Å². The predicted octanol–water partition coefficient (Wildman–Crippen LogP) is 13.2. The largest absolute Gasteiger partial charge is 0.208 e. The number of nitrogens with zero attached hydrogens (tertiary/aromatic N) is 3. The van der Waals surface area contributed by atoms with Gasteiger partial charge in [0.1, 0.15) is 0 Å². The molecule has 0 atom stereocenters. The molecule has 0 bridgehead atoms. The highest BCUT2D eigenvalue weighted by atomic mass is 15.0. The van der Waals surface area contributed by atoms with E-state index < -0.39 is 5.41 Å². The smallest absolute Gasteiger partial charge is 0.164 e. The van der Waals surface area contributed by atoms with Gasteiger partial charge in [0.15, 0.2) is 17.5 Å². The van der Waals surface area contributed by atoms with Crippen molar-refractivity contribution in [2.45, 2.75) is 5.41 Å². The highest BCUT2D eigenvalue weighted by molar-refractivity contribution is 5.96. The van der Waals surface area contributed by atoms with E-state index in [4.69, 9.17) is 15.0 Å². The van der Waals surface area contributed by atoms with Gasteiger partial charge in [-0.15, -0.1) is 0 Å². The van der Waals surface area contributed by atoms with Crippen molar-refractivity contribution in [3.8, 4) is 67.5 Å². The Bertz CT molecular complexity index is 3190. The van der Waals surface area contributed by atoms with Crippen LogP contribution < -0.4 is 0 Å². The Balaban J connectivity index is 1.02. The molecular weight excluding hydrogens is 691 g/mol. The molecule has 264 valence electrons. The average molecular weight is 724 g/mol. The van der Waals surface area contributed by atoms with Crippen molar-refractivity contribution in [1.29, 1.82) is 0 Å². The van der Waals surface area contributed by atoms with Crippen molar-refractivity contribution >= 4 is 21.5 Å². The molecule has 2 aliphatic carbocycles. The first kappa shape index (κ1) is 31.8. The minimum Gasteiger partial charge on any atom is -0.208 e. The first-order valence-electron chi connectivity index (χ1n) is 19.5. The highest BCUT2D eigenvalue weighted by Gasteiger charge is 2.51. The van der Waals surface area contributed by atoms with Gasteiger partial charge < -0.3 is 0 Å². The van der Waals surface area contributed by atoms with Gasteiger partial charge in [0.2, 0.25) is 0 Å².